The summed E-state index contributed by atoms with van der Waals surface area (Å²) in [5.41, 5.74) is 4.71. The van der Waals surface area contributed by atoms with Gasteiger partial charge in [-0.05, 0) is 41.3 Å². The van der Waals surface area contributed by atoms with Crippen molar-refractivity contribution in [3.05, 3.63) is 67.0 Å². The predicted octanol–water partition coefficient (Wildman–Crippen LogP) is 3.69. The van der Waals surface area contributed by atoms with Gasteiger partial charge in [0.05, 0.1) is 5.52 Å². The van der Waals surface area contributed by atoms with Crippen LogP contribution in [-0.2, 0) is 11.2 Å². The summed E-state index contributed by atoms with van der Waals surface area (Å²) in [6.45, 7) is 8.62. The lowest BCUT2D eigenvalue weighted by atomic mass is 9.97. The molecule has 0 radical (unpaired) electrons. The summed E-state index contributed by atoms with van der Waals surface area (Å²) in [5, 5.41) is 1.05. The lowest BCUT2D eigenvalue weighted by Gasteiger charge is -2.35. The number of carbonyl (C=O) groups excluding carboxylic acids is 1. The maximum Gasteiger partial charge on any atom is 0.246 e. The highest BCUT2D eigenvalue weighted by molar-refractivity contribution is 5.93. The highest BCUT2D eigenvalue weighted by Crippen LogP contribution is 2.30. The number of hydrogen-bond acceptors (Lipinski definition) is 4. The number of nitrogens with zero attached hydrogens (tertiary/aromatic N) is 4. The summed E-state index contributed by atoms with van der Waals surface area (Å²) in [4.78, 5) is 24.9. The molecule has 0 unspecified atom stereocenters. The average molecular weight is 372 g/mol. The molecule has 4 rings (SSSR count). The van der Waals surface area contributed by atoms with Crippen molar-refractivity contribution in [1.82, 2.24) is 14.9 Å². The molecule has 2 aromatic carbocycles. The minimum Gasteiger partial charge on any atom is -0.352 e. The number of carbonyl (C=O) groups is 1. The first-order chi connectivity index (χ1) is 13.7. The molecule has 1 amide bonds. The maximum absolute atomic E-state index is 11.8. The van der Waals surface area contributed by atoms with Gasteiger partial charge in [0.2, 0.25) is 5.91 Å². The van der Waals surface area contributed by atoms with Crippen LogP contribution in [0.25, 0.3) is 22.0 Å². The van der Waals surface area contributed by atoms with E-state index in [4.69, 9.17) is 0 Å². The number of anilines is 1. The molecule has 142 valence electrons. The second kappa shape index (κ2) is 7.80. The Hall–Kier alpha value is -3.21. The van der Waals surface area contributed by atoms with Gasteiger partial charge < -0.3 is 9.80 Å². The van der Waals surface area contributed by atoms with E-state index in [2.05, 4.69) is 70.8 Å². The fourth-order valence-electron chi connectivity index (χ4n) is 3.84. The van der Waals surface area contributed by atoms with E-state index in [0.29, 0.717) is 13.1 Å². The highest BCUT2D eigenvalue weighted by Gasteiger charge is 2.22. The number of aryl methyl sites for hydroxylation is 1. The molecule has 0 saturated carbocycles. The van der Waals surface area contributed by atoms with Crippen molar-refractivity contribution in [1.29, 1.82) is 0 Å². The number of fused-ring (bicyclic) bond motifs is 1. The molecule has 0 N–H and O–H groups in total. The molecule has 1 saturated heterocycles. The largest absolute Gasteiger partial charge is 0.352 e. The fourth-order valence-corrected chi connectivity index (χ4v) is 3.84. The van der Waals surface area contributed by atoms with E-state index in [1.165, 1.54) is 22.8 Å². The number of benzene rings is 2. The average Bonchev–Trinajstić information content (AvgIpc) is 2.77. The zero-order valence-electron chi connectivity index (χ0n) is 16.1. The van der Waals surface area contributed by atoms with Gasteiger partial charge in [0.15, 0.2) is 0 Å². The van der Waals surface area contributed by atoms with Crippen LogP contribution in [-0.4, -0.2) is 47.0 Å². The smallest absolute Gasteiger partial charge is 0.246 e. The topological polar surface area (TPSA) is 49.3 Å². The second-order valence-corrected chi connectivity index (χ2v) is 6.96. The molecule has 5 heteroatoms. The van der Waals surface area contributed by atoms with Crippen LogP contribution < -0.4 is 4.90 Å². The molecular formula is C23H24N4O. The monoisotopic (exact) mass is 372 g/mol. The van der Waals surface area contributed by atoms with Crippen LogP contribution in [0, 0.1) is 0 Å². The lowest BCUT2D eigenvalue weighted by Crippen LogP contribution is -2.48. The number of piperazine rings is 1. The Kier molecular flexibility index (Phi) is 5.06. The van der Waals surface area contributed by atoms with Crippen molar-refractivity contribution < 1.29 is 4.79 Å². The van der Waals surface area contributed by atoms with Crippen molar-refractivity contribution in [3.8, 4) is 11.1 Å². The van der Waals surface area contributed by atoms with E-state index < -0.39 is 0 Å². The van der Waals surface area contributed by atoms with Crippen molar-refractivity contribution in [2.75, 3.05) is 31.1 Å². The Morgan fingerprint density at radius 1 is 1.11 bits per heavy atom. The first-order valence-corrected chi connectivity index (χ1v) is 9.70. The van der Waals surface area contributed by atoms with Gasteiger partial charge in [0.1, 0.15) is 12.1 Å². The van der Waals surface area contributed by atoms with Crippen molar-refractivity contribution in [2.45, 2.75) is 13.3 Å². The zero-order chi connectivity index (χ0) is 19.5. The van der Waals surface area contributed by atoms with Gasteiger partial charge in [-0.15, -0.1) is 0 Å². The van der Waals surface area contributed by atoms with E-state index in [-0.39, 0.29) is 5.91 Å². The van der Waals surface area contributed by atoms with Crippen molar-refractivity contribution in [2.24, 2.45) is 0 Å². The van der Waals surface area contributed by atoms with E-state index in [9.17, 15) is 4.79 Å². The Bertz CT molecular complexity index is 1020. The van der Waals surface area contributed by atoms with Crippen LogP contribution in [0.15, 0.2) is 61.4 Å². The fraction of sp³-hybridized carbons (Fsp3) is 0.261. The minimum absolute atomic E-state index is 0.00794. The van der Waals surface area contributed by atoms with Gasteiger partial charge in [-0.25, -0.2) is 9.97 Å². The number of amides is 1. The molecule has 3 aromatic rings. The molecule has 0 bridgehead atoms. The third-order valence-corrected chi connectivity index (χ3v) is 5.39. The van der Waals surface area contributed by atoms with Gasteiger partial charge in [0, 0.05) is 31.6 Å². The Labute approximate surface area is 165 Å². The standard InChI is InChI=1S/C23H24N4O/c1-3-17-7-5-6-8-19(17)18-9-10-20-21(15-18)24-16-25-23(20)27-13-11-26(12-14-27)22(28)4-2/h4-10,15-16H,2-3,11-14H2,1H3. The summed E-state index contributed by atoms with van der Waals surface area (Å²) >= 11 is 0. The zero-order valence-corrected chi connectivity index (χ0v) is 16.1. The normalized spacial score (nSPS) is 14.3. The molecule has 1 aromatic heterocycles. The summed E-state index contributed by atoms with van der Waals surface area (Å²) in [5.74, 6) is 0.928. The number of rotatable bonds is 4. The molecule has 0 spiro atoms. The predicted molar refractivity (Wildman–Crippen MR) is 113 cm³/mol. The Morgan fingerprint density at radius 3 is 2.64 bits per heavy atom. The maximum atomic E-state index is 11.8. The summed E-state index contributed by atoms with van der Waals surface area (Å²) in [7, 11) is 0. The van der Waals surface area contributed by atoms with Gasteiger partial charge in [0.25, 0.3) is 0 Å². The van der Waals surface area contributed by atoms with E-state index in [1.54, 1.807) is 6.33 Å². The summed E-state index contributed by atoms with van der Waals surface area (Å²) in [6, 6.07) is 14.9. The summed E-state index contributed by atoms with van der Waals surface area (Å²) < 4.78 is 0. The number of aromatic nitrogens is 2. The quantitative estimate of drug-likeness (QED) is 0.656. The highest BCUT2D eigenvalue weighted by atomic mass is 16.2. The van der Waals surface area contributed by atoms with E-state index in [1.807, 2.05) is 4.90 Å². The third kappa shape index (κ3) is 3.36. The number of hydrogen-bond donors (Lipinski definition) is 0. The molecule has 0 aliphatic carbocycles. The lowest BCUT2D eigenvalue weighted by molar-refractivity contribution is -0.126. The SMILES string of the molecule is C=CC(=O)N1CCN(c2ncnc3cc(-c4ccccc4CC)ccc23)CC1. The van der Waals surface area contributed by atoms with Crippen LogP contribution in [0.5, 0.6) is 0 Å². The first-order valence-electron chi connectivity index (χ1n) is 9.70. The van der Waals surface area contributed by atoms with Gasteiger partial charge in [-0.1, -0.05) is 43.8 Å². The first kappa shape index (κ1) is 18.2. The van der Waals surface area contributed by atoms with Gasteiger partial charge >= 0.3 is 0 Å². The van der Waals surface area contributed by atoms with Crippen LogP contribution in [0.3, 0.4) is 0 Å². The van der Waals surface area contributed by atoms with Crippen molar-refractivity contribution >= 4 is 22.6 Å². The van der Waals surface area contributed by atoms with Crippen LogP contribution in [0.1, 0.15) is 12.5 Å². The Morgan fingerprint density at radius 2 is 1.89 bits per heavy atom. The minimum atomic E-state index is -0.00794. The molecular weight excluding hydrogens is 348 g/mol. The van der Waals surface area contributed by atoms with Crippen LogP contribution in [0.2, 0.25) is 0 Å². The van der Waals surface area contributed by atoms with Crippen LogP contribution in [0.4, 0.5) is 5.82 Å². The second-order valence-electron chi connectivity index (χ2n) is 6.96. The Balaban J connectivity index is 1.65. The molecule has 1 fully saturated rings. The van der Waals surface area contributed by atoms with Crippen LogP contribution >= 0.6 is 0 Å². The van der Waals surface area contributed by atoms with Gasteiger partial charge in [-0.2, -0.15) is 0 Å². The molecule has 5 nitrogen and oxygen atoms in total. The molecule has 0 atom stereocenters. The molecule has 1 aliphatic rings. The van der Waals surface area contributed by atoms with Gasteiger partial charge in [-0.3, -0.25) is 4.79 Å². The van der Waals surface area contributed by atoms with Crippen molar-refractivity contribution in [3.63, 3.8) is 0 Å². The molecule has 28 heavy (non-hydrogen) atoms. The third-order valence-electron chi connectivity index (χ3n) is 5.39. The molecule has 1 aliphatic heterocycles. The summed E-state index contributed by atoms with van der Waals surface area (Å²) in [6.07, 6.45) is 4.01. The van der Waals surface area contributed by atoms with E-state index >= 15 is 0 Å². The van der Waals surface area contributed by atoms with E-state index in [0.717, 1.165) is 36.2 Å². The molecule has 2 heterocycles.